The first-order valence-electron chi connectivity index (χ1n) is 11.9. The molecule has 0 radical (unpaired) electrons. The van der Waals surface area contributed by atoms with E-state index in [-0.39, 0.29) is 13.2 Å². The fourth-order valence-electron chi connectivity index (χ4n) is 3.91. The van der Waals surface area contributed by atoms with Crippen LogP contribution < -0.4 is 0 Å². The molecule has 1 fully saturated rings. The van der Waals surface area contributed by atoms with Crippen LogP contribution in [0.2, 0.25) is 0 Å². The third-order valence-corrected chi connectivity index (χ3v) is 5.82. The van der Waals surface area contributed by atoms with E-state index < -0.39 is 24.4 Å². The molecule has 0 aromatic carbocycles. The van der Waals surface area contributed by atoms with Gasteiger partial charge in [-0.25, -0.2) is 0 Å². The molecule has 1 aliphatic heterocycles. The molecule has 1 aliphatic rings. The third-order valence-electron chi connectivity index (χ3n) is 5.82. The van der Waals surface area contributed by atoms with E-state index in [1.807, 2.05) is 0 Å². The van der Waals surface area contributed by atoms with Crippen LogP contribution in [0.4, 0.5) is 0 Å². The molecule has 0 unspecified atom stereocenters. The van der Waals surface area contributed by atoms with Crippen LogP contribution in [-0.2, 0) is 9.47 Å². The lowest BCUT2D eigenvalue weighted by Crippen LogP contribution is -2.42. The Morgan fingerprint density at radius 1 is 0.786 bits per heavy atom. The molecule has 168 valence electrons. The predicted molar refractivity (Wildman–Crippen MR) is 114 cm³/mol. The lowest BCUT2D eigenvalue weighted by Gasteiger charge is -2.24. The molecule has 5 nitrogen and oxygen atoms in total. The van der Waals surface area contributed by atoms with Crippen LogP contribution in [0.5, 0.6) is 0 Å². The summed E-state index contributed by atoms with van der Waals surface area (Å²) in [6, 6.07) is 0. The Balaban J connectivity index is 1.83. The van der Waals surface area contributed by atoms with Crippen molar-refractivity contribution in [2.24, 2.45) is 0 Å². The first kappa shape index (κ1) is 25.8. The molecular formula is C23H46O5. The highest BCUT2D eigenvalue weighted by Gasteiger charge is 2.40. The minimum Gasteiger partial charge on any atom is -0.394 e. The van der Waals surface area contributed by atoms with Crippen molar-refractivity contribution in [3.8, 4) is 0 Å². The first-order chi connectivity index (χ1) is 13.7. The fraction of sp³-hybridized carbons (Fsp3) is 1.00. The Morgan fingerprint density at radius 2 is 1.25 bits per heavy atom. The Morgan fingerprint density at radius 3 is 1.64 bits per heavy atom. The Kier molecular flexibility index (Phi) is 16.3. The van der Waals surface area contributed by atoms with Crippen LogP contribution in [0.15, 0.2) is 0 Å². The summed E-state index contributed by atoms with van der Waals surface area (Å²) < 4.78 is 11.0. The fourth-order valence-corrected chi connectivity index (χ4v) is 3.91. The second-order valence-electron chi connectivity index (χ2n) is 8.40. The summed E-state index contributed by atoms with van der Waals surface area (Å²) in [6.45, 7) is 2.73. The maximum absolute atomic E-state index is 9.83. The van der Waals surface area contributed by atoms with Crippen LogP contribution >= 0.6 is 0 Å². The second-order valence-corrected chi connectivity index (χ2v) is 8.40. The lowest BCUT2D eigenvalue weighted by molar-refractivity contribution is -0.101. The van der Waals surface area contributed by atoms with Gasteiger partial charge in [-0.2, -0.15) is 0 Å². The standard InChI is InChI=1S/C23H46O5/c1-2-3-4-5-6-7-8-9-10-11-12-13-14-15-16-17-27-21(18-24)23-22(26)20(25)19-28-23/h20-26H,2-19H2,1H3/t20-,21+,22+,23+/m0/s1. The Labute approximate surface area is 172 Å². The lowest BCUT2D eigenvalue weighted by atomic mass is 10.0. The monoisotopic (exact) mass is 402 g/mol. The quantitative estimate of drug-likeness (QED) is 0.280. The molecule has 5 heteroatoms. The van der Waals surface area contributed by atoms with Crippen molar-refractivity contribution in [2.45, 2.75) is 128 Å². The molecule has 0 spiro atoms. The number of hydrogen-bond acceptors (Lipinski definition) is 5. The van der Waals surface area contributed by atoms with E-state index in [0.29, 0.717) is 6.61 Å². The van der Waals surface area contributed by atoms with Crippen molar-refractivity contribution in [1.82, 2.24) is 0 Å². The molecule has 1 heterocycles. The van der Waals surface area contributed by atoms with Crippen molar-refractivity contribution >= 4 is 0 Å². The number of hydrogen-bond donors (Lipinski definition) is 3. The normalized spacial score (nSPS) is 23.4. The molecule has 1 saturated heterocycles. The highest BCUT2D eigenvalue weighted by molar-refractivity contribution is 4.88. The van der Waals surface area contributed by atoms with Crippen molar-refractivity contribution in [3.63, 3.8) is 0 Å². The third kappa shape index (κ3) is 11.7. The van der Waals surface area contributed by atoms with Crippen LogP contribution in [0, 0.1) is 0 Å². The van der Waals surface area contributed by atoms with Gasteiger partial charge in [0.15, 0.2) is 0 Å². The van der Waals surface area contributed by atoms with Gasteiger partial charge in [-0.1, -0.05) is 96.8 Å². The van der Waals surface area contributed by atoms with E-state index in [1.54, 1.807) is 0 Å². The van der Waals surface area contributed by atoms with E-state index in [4.69, 9.17) is 9.47 Å². The summed E-state index contributed by atoms with van der Waals surface area (Å²) in [7, 11) is 0. The van der Waals surface area contributed by atoms with Gasteiger partial charge in [0, 0.05) is 6.61 Å². The molecule has 0 aromatic rings. The van der Waals surface area contributed by atoms with Crippen LogP contribution in [0.25, 0.3) is 0 Å². The van der Waals surface area contributed by atoms with Gasteiger partial charge in [0.2, 0.25) is 0 Å². The average Bonchev–Trinajstić information content (AvgIpc) is 3.03. The summed E-state index contributed by atoms with van der Waals surface area (Å²) >= 11 is 0. The zero-order valence-electron chi connectivity index (χ0n) is 18.2. The van der Waals surface area contributed by atoms with Crippen molar-refractivity contribution < 1.29 is 24.8 Å². The molecule has 0 aliphatic carbocycles. The highest BCUT2D eigenvalue weighted by atomic mass is 16.6. The maximum Gasteiger partial charge on any atom is 0.114 e. The number of ether oxygens (including phenoxy) is 2. The highest BCUT2D eigenvalue weighted by Crippen LogP contribution is 2.20. The van der Waals surface area contributed by atoms with E-state index in [9.17, 15) is 15.3 Å². The zero-order valence-corrected chi connectivity index (χ0v) is 18.2. The van der Waals surface area contributed by atoms with Crippen LogP contribution in [0.3, 0.4) is 0 Å². The van der Waals surface area contributed by atoms with Gasteiger partial charge in [-0.05, 0) is 6.42 Å². The van der Waals surface area contributed by atoms with Crippen LogP contribution in [0.1, 0.15) is 103 Å². The maximum atomic E-state index is 9.83. The smallest absolute Gasteiger partial charge is 0.114 e. The predicted octanol–water partition coefficient (Wildman–Crippen LogP) is 4.36. The zero-order chi connectivity index (χ0) is 20.5. The van der Waals surface area contributed by atoms with Crippen LogP contribution in [-0.4, -0.2) is 59.6 Å². The van der Waals surface area contributed by atoms with Crippen molar-refractivity contribution in [3.05, 3.63) is 0 Å². The summed E-state index contributed by atoms with van der Waals surface area (Å²) in [6.07, 6.45) is 16.9. The minimum absolute atomic E-state index is 0.102. The average molecular weight is 403 g/mol. The Bertz CT molecular complexity index is 339. The molecule has 28 heavy (non-hydrogen) atoms. The number of aliphatic hydroxyl groups excluding tert-OH is 3. The molecular weight excluding hydrogens is 356 g/mol. The van der Waals surface area contributed by atoms with Gasteiger partial charge in [0.25, 0.3) is 0 Å². The van der Waals surface area contributed by atoms with Crippen molar-refractivity contribution in [2.75, 3.05) is 19.8 Å². The largest absolute Gasteiger partial charge is 0.394 e. The molecule has 0 saturated carbocycles. The second kappa shape index (κ2) is 17.6. The van der Waals surface area contributed by atoms with E-state index in [2.05, 4.69) is 6.92 Å². The Hall–Kier alpha value is -0.200. The molecule has 0 amide bonds. The molecule has 0 bridgehead atoms. The number of rotatable bonds is 19. The molecule has 1 rings (SSSR count). The van der Waals surface area contributed by atoms with Gasteiger partial charge < -0.3 is 24.8 Å². The molecule has 3 N–H and O–H groups in total. The SMILES string of the molecule is CCCCCCCCCCCCCCCCCO[C@H](CO)[C@H]1OC[C@H](O)[C@H]1O. The van der Waals surface area contributed by atoms with Gasteiger partial charge in [0.1, 0.15) is 24.4 Å². The van der Waals surface area contributed by atoms with E-state index >= 15 is 0 Å². The molecule has 4 atom stereocenters. The number of aliphatic hydroxyl groups is 3. The summed E-state index contributed by atoms with van der Waals surface area (Å²) in [5.41, 5.74) is 0. The van der Waals surface area contributed by atoms with Gasteiger partial charge in [0.05, 0.1) is 13.2 Å². The van der Waals surface area contributed by atoms with Gasteiger partial charge in [-0.15, -0.1) is 0 Å². The first-order valence-corrected chi connectivity index (χ1v) is 11.9. The van der Waals surface area contributed by atoms with Gasteiger partial charge >= 0.3 is 0 Å². The van der Waals surface area contributed by atoms with E-state index in [0.717, 1.165) is 12.8 Å². The summed E-state index contributed by atoms with van der Waals surface area (Å²) in [4.78, 5) is 0. The summed E-state index contributed by atoms with van der Waals surface area (Å²) in [5.74, 6) is 0. The summed E-state index contributed by atoms with van der Waals surface area (Å²) in [5, 5.41) is 28.8. The topological polar surface area (TPSA) is 79.2 Å². The molecule has 0 aromatic heterocycles. The minimum atomic E-state index is -0.974. The van der Waals surface area contributed by atoms with E-state index in [1.165, 1.54) is 83.5 Å². The number of unbranched alkanes of at least 4 members (excludes halogenated alkanes) is 14. The van der Waals surface area contributed by atoms with Crippen molar-refractivity contribution in [1.29, 1.82) is 0 Å². The van der Waals surface area contributed by atoms with Gasteiger partial charge in [-0.3, -0.25) is 0 Å².